The summed E-state index contributed by atoms with van der Waals surface area (Å²) in [5, 5.41) is 8.46. The highest BCUT2D eigenvalue weighted by atomic mass is 35.5. The molecule has 1 N–H and O–H groups in total. The average Bonchev–Trinajstić information content (AvgIpc) is 2.88. The van der Waals surface area contributed by atoms with Crippen molar-refractivity contribution < 1.29 is 13.2 Å². The van der Waals surface area contributed by atoms with Gasteiger partial charge in [0.15, 0.2) is 0 Å². The Morgan fingerprint density at radius 2 is 1.93 bits per heavy atom. The number of nitrogens with zero attached hydrogens (tertiary/aromatic N) is 2. The number of nitrogens with one attached hydrogen (secondary N) is 1. The van der Waals surface area contributed by atoms with Crippen LogP contribution in [0.5, 0.6) is 0 Å². The molecule has 0 atom stereocenters. The molecule has 0 saturated carbocycles. The third-order valence-corrected chi connectivity index (χ3v) is 5.61. The summed E-state index contributed by atoms with van der Waals surface area (Å²) in [6.07, 6.45) is -0.959. The first-order valence-electron chi connectivity index (χ1n) is 9.71. The van der Waals surface area contributed by atoms with Crippen molar-refractivity contribution in [2.24, 2.45) is 0 Å². The third-order valence-electron chi connectivity index (χ3n) is 5.28. The molecule has 0 spiro atoms. The largest absolute Gasteiger partial charge is 0.416 e. The van der Waals surface area contributed by atoms with E-state index in [1.165, 1.54) is 6.07 Å². The number of halogens is 4. The summed E-state index contributed by atoms with van der Waals surface area (Å²) in [6, 6.07) is 11.3. The average molecular weight is 420 g/mol. The first-order valence-corrected chi connectivity index (χ1v) is 10.1. The zero-order chi connectivity index (χ0) is 20.6. The standard InChI is InChI=1S/C22H21ClF3N3/c1-2-14-7-3-4-9-19(14)29-21-16(8-5-6-12-27-21)20(28-29)17-13-15(22(24,25)26)10-11-18(17)23/h3-4,7,9-11,13,27H,2,5-6,8,12H2,1H3. The van der Waals surface area contributed by atoms with Crippen molar-refractivity contribution in [3.63, 3.8) is 0 Å². The summed E-state index contributed by atoms with van der Waals surface area (Å²) in [5.41, 5.74) is 3.05. The van der Waals surface area contributed by atoms with E-state index in [2.05, 4.69) is 12.2 Å². The van der Waals surface area contributed by atoms with Crippen LogP contribution in [0.25, 0.3) is 16.9 Å². The molecule has 1 aliphatic heterocycles. The van der Waals surface area contributed by atoms with E-state index >= 15 is 0 Å². The van der Waals surface area contributed by atoms with Gasteiger partial charge in [-0.05, 0) is 55.5 Å². The lowest BCUT2D eigenvalue weighted by atomic mass is 10.0. The number of aryl methyl sites for hydroxylation is 1. The highest BCUT2D eigenvalue weighted by Crippen LogP contribution is 2.40. The molecule has 7 heteroatoms. The van der Waals surface area contributed by atoms with Gasteiger partial charge in [-0.2, -0.15) is 18.3 Å². The summed E-state index contributed by atoms with van der Waals surface area (Å²) < 4.78 is 41.7. The van der Waals surface area contributed by atoms with Crippen molar-refractivity contribution in [3.8, 4) is 16.9 Å². The number of hydrogen-bond donors (Lipinski definition) is 1. The van der Waals surface area contributed by atoms with Gasteiger partial charge in [0.1, 0.15) is 5.82 Å². The van der Waals surface area contributed by atoms with Crippen LogP contribution >= 0.6 is 11.6 Å². The fourth-order valence-electron chi connectivity index (χ4n) is 3.79. The summed E-state index contributed by atoms with van der Waals surface area (Å²) in [4.78, 5) is 0. The van der Waals surface area contributed by atoms with Crippen LogP contribution in [-0.2, 0) is 19.0 Å². The van der Waals surface area contributed by atoms with E-state index in [0.717, 1.165) is 67.0 Å². The number of fused-ring (bicyclic) bond motifs is 1. The Labute approximate surface area is 172 Å². The van der Waals surface area contributed by atoms with Gasteiger partial charge in [0.25, 0.3) is 0 Å². The van der Waals surface area contributed by atoms with E-state index in [-0.39, 0.29) is 5.02 Å². The Bertz CT molecular complexity index is 1040. The van der Waals surface area contributed by atoms with Crippen molar-refractivity contribution in [1.29, 1.82) is 0 Å². The zero-order valence-electron chi connectivity index (χ0n) is 16.0. The molecule has 152 valence electrons. The minimum absolute atomic E-state index is 0.262. The molecule has 2 aromatic carbocycles. The third kappa shape index (κ3) is 3.73. The Morgan fingerprint density at radius 3 is 2.69 bits per heavy atom. The molecule has 3 aromatic rings. The molecular weight excluding hydrogens is 399 g/mol. The van der Waals surface area contributed by atoms with E-state index in [9.17, 15) is 13.2 Å². The molecule has 1 aliphatic rings. The maximum Gasteiger partial charge on any atom is 0.416 e. The molecule has 3 nitrogen and oxygen atoms in total. The van der Waals surface area contributed by atoms with E-state index in [4.69, 9.17) is 16.7 Å². The fraction of sp³-hybridized carbons (Fsp3) is 0.318. The molecule has 0 aliphatic carbocycles. The molecule has 0 fully saturated rings. The van der Waals surface area contributed by atoms with Gasteiger partial charge in [-0.1, -0.05) is 36.7 Å². The van der Waals surface area contributed by atoms with Crippen LogP contribution in [0.3, 0.4) is 0 Å². The Morgan fingerprint density at radius 1 is 1.14 bits per heavy atom. The smallest absolute Gasteiger partial charge is 0.370 e. The van der Waals surface area contributed by atoms with Gasteiger partial charge in [-0.15, -0.1) is 0 Å². The van der Waals surface area contributed by atoms with Crippen molar-refractivity contribution in [2.75, 3.05) is 11.9 Å². The van der Waals surface area contributed by atoms with Crippen molar-refractivity contribution >= 4 is 17.4 Å². The first-order chi connectivity index (χ1) is 13.9. The predicted octanol–water partition coefficient (Wildman–Crippen LogP) is 6.52. The monoisotopic (exact) mass is 419 g/mol. The van der Waals surface area contributed by atoms with E-state index in [0.29, 0.717) is 11.3 Å². The van der Waals surface area contributed by atoms with Crippen LogP contribution in [0.15, 0.2) is 42.5 Å². The summed E-state index contributed by atoms with van der Waals surface area (Å²) >= 11 is 6.34. The van der Waals surface area contributed by atoms with Gasteiger partial charge in [-0.25, -0.2) is 4.68 Å². The predicted molar refractivity (Wildman–Crippen MR) is 110 cm³/mol. The molecule has 0 bridgehead atoms. The van der Waals surface area contributed by atoms with Crippen LogP contribution in [0.1, 0.15) is 36.5 Å². The second-order valence-electron chi connectivity index (χ2n) is 7.15. The second-order valence-corrected chi connectivity index (χ2v) is 7.55. The summed E-state index contributed by atoms with van der Waals surface area (Å²) in [6.45, 7) is 2.86. The molecule has 0 saturated heterocycles. The Kier molecular flexibility index (Phi) is 5.30. The molecule has 0 unspecified atom stereocenters. The fourth-order valence-corrected chi connectivity index (χ4v) is 4.00. The van der Waals surface area contributed by atoms with Gasteiger partial charge < -0.3 is 5.32 Å². The highest BCUT2D eigenvalue weighted by Gasteiger charge is 2.32. The molecule has 1 aromatic heterocycles. The number of rotatable bonds is 3. The van der Waals surface area contributed by atoms with Crippen molar-refractivity contribution in [3.05, 3.63) is 64.2 Å². The van der Waals surface area contributed by atoms with Gasteiger partial charge >= 0.3 is 6.18 Å². The lowest BCUT2D eigenvalue weighted by Gasteiger charge is -2.12. The van der Waals surface area contributed by atoms with Crippen molar-refractivity contribution in [2.45, 2.75) is 38.8 Å². The SMILES string of the molecule is CCc1ccccc1-n1nc(-c2cc(C(F)(F)F)ccc2Cl)c2c1NCCCC2. The normalized spacial score (nSPS) is 14.2. The lowest BCUT2D eigenvalue weighted by molar-refractivity contribution is -0.137. The van der Waals surface area contributed by atoms with Crippen molar-refractivity contribution in [1.82, 2.24) is 9.78 Å². The molecule has 0 amide bonds. The number of para-hydroxylation sites is 1. The Hall–Kier alpha value is -2.47. The molecule has 2 heterocycles. The molecule has 0 radical (unpaired) electrons. The highest BCUT2D eigenvalue weighted by molar-refractivity contribution is 6.33. The molecule has 4 rings (SSSR count). The van der Waals surface area contributed by atoms with Gasteiger partial charge in [0.05, 0.1) is 22.0 Å². The van der Waals surface area contributed by atoms with E-state index in [1.54, 1.807) is 0 Å². The number of alkyl halides is 3. The Balaban J connectivity index is 1.95. The van der Waals surface area contributed by atoms with Crippen LogP contribution in [0, 0.1) is 0 Å². The first kappa shape index (κ1) is 19.8. The number of benzene rings is 2. The summed E-state index contributed by atoms with van der Waals surface area (Å²) in [5.74, 6) is 0.840. The van der Waals surface area contributed by atoms with Gasteiger partial charge in [0.2, 0.25) is 0 Å². The maximum absolute atomic E-state index is 13.3. The molecule has 29 heavy (non-hydrogen) atoms. The van der Waals surface area contributed by atoms with E-state index < -0.39 is 11.7 Å². The van der Waals surface area contributed by atoms with Crippen LogP contribution < -0.4 is 5.32 Å². The van der Waals surface area contributed by atoms with Gasteiger partial charge in [-0.3, -0.25) is 0 Å². The van der Waals surface area contributed by atoms with Crippen LogP contribution in [0.2, 0.25) is 5.02 Å². The quantitative estimate of drug-likeness (QED) is 0.523. The maximum atomic E-state index is 13.3. The molecular formula is C22H21ClF3N3. The van der Waals surface area contributed by atoms with Crippen LogP contribution in [0.4, 0.5) is 19.0 Å². The summed E-state index contributed by atoms with van der Waals surface area (Å²) in [7, 11) is 0. The van der Waals surface area contributed by atoms with Gasteiger partial charge in [0, 0.05) is 17.7 Å². The number of aromatic nitrogens is 2. The number of anilines is 1. The second kappa shape index (κ2) is 7.75. The topological polar surface area (TPSA) is 29.9 Å². The number of hydrogen-bond acceptors (Lipinski definition) is 2. The zero-order valence-corrected chi connectivity index (χ0v) is 16.7. The van der Waals surface area contributed by atoms with E-state index in [1.807, 2.05) is 28.9 Å². The minimum atomic E-state index is -4.44. The van der Waals surface area contributed by atoms with Crippen LogP contribution in [-0.4, -0.2) is 16.3 Å². The minimum Gasteiger partial charge on any atom is -0.370 e. The lowest BCUT2D eigenvalue weighted by Crippen LogP contribution is -2.08.